The third-order valence-electron chi connectivity index (χ3n) is 4.31. The Hall–Kier alpha value is -0.0231. The lowest BCUT2D eigenvalue weighted by Gasteiger charge is -2.53. The van der Waals surface area contributed by atoms with Crippen LogP contribution in [0.2, 0.25) is 25.7 Å². The van der Waals surface area contributed by atoms with E-state index in [4.69, 9.17) is 19.9 Å². The normalized spacial score (nSPS) is 43.4. The molecule has 7 heteroatoms. The maximum Gasteiger partial charge on any atom is 0.175 e. The summed E-state index contributed by atoms with van der Waals surface area (Å²) in [6.45, 7) is 10.6. The average molecular weight is 319 g/mol. The van der Waals surface area contributed by atoms with Crippen LogP contribution >= 0.6 is 0 Å². The van der Waals surface area contributed by atoms with Crippen molar-refractivity contribution in [2.45, 2.75) is 81.9 Å². The van der Waals surface area contributed by atoms with Crippen molar-refractivity contribution in [1.29, 1.82) is 0 Å². The van der Waals surface area contributed by atoms with E-state index in [1.54, 1.807) is 13.8 Å². The van der Waals surface area contributed by atoms with Crippen molar-refractivity contribution in [2.24, 2.45) is 5.73 Å². The number of aliphatic hydroxyl groups is 2. The Morgan fingerprint density at radius 2 is 1.86 bits per heavy atom. The minimum Gasteiger partial charge on any atom is -0.388 e. The third-order valence-corrected chi connectivity index (χ3v) is 6.06. The van der Waals surface area contributed by atoms with Crippen LogP contribution < -0.4 is 5.73 Å². The van der Waals surface area contributed by atoms with Gasteiger partial charge < -0.3 is 30.2 Å². The Morgan fingerprint density at radius 1 is 1.24 bits per heavy atom. The summed E-state index contributed by atoms with van der Waals surface area (Å²) in [4.78, 5) is 0. The van der Waals surface area contributed by atoms with Crippen molar-refractivity contribution >= 4 is 8.07 Å². The van der Waals surface area contributed by atoms with E-state index >= 15 is 0 Å². The number of ether oxygens (including phenoxy) is 3. The molecule has 6 nitrogen and oxygen atoms in total. The van der Waals surface area contributed by atoms with Crippen molar-refractivity contribution in [3.8, 4) is 0 Å². The van der Waals surface area contributed by atoms with E-state index < -0.39 is 44.0 Å². The van der Waals surface area contributed by atoms with E-state index in [1.807, 2.05) is 0 Å². The van der Waals surface area contributed by atoms with Crippen LogP contribution in [0, 0.1) is 0 Å². The minimum absolute atomic E-state index is 0.274. The maximum absolute atomic E-state index is 10.7. The highest BCUT2D eigenvalue weighted by Gasteiger charge is 2.56. The molecule has 2 saturated heterocycles. The first-order chi connectivity index (χ1) is 9.45. The van der Waals surface area contributed by atoms with E-state index in [0.717, 1.165) is 6.04 Å². The van der Waals surface area contributed by atoms with Gasteiger partial charge in [-0.25, -0.2) is 0 Å². The molecule has 0 aliphatic carbocycles. The summed E-state index contributed by atoms with van der Waals surface area (Å²) in [5.41, 5.74) is 5.13. The zero-order valence-electron chi connectivity index (χ0n) is 13.6. The highest BCUT2D eigenvalue weighted by molar-refractivity contribution is 6.76. The molecule has 2 rings (SSSR count). The van der Waals surface area contributed by atoms with E-state index in [-0.39, 0.29) is 6.61 Å². The van der Waals surface area contributed by atoms with Crippen LogP contribution in [0.1, 0.15) is 20.3 Å². The fraction of sp³-hybridized carbons (Fsp3) is 1.00. The predicted molar refractivity (Wildman–Crippen MR) is 81.5 cm³/mol. The topological polar surface area (TPSA) is 94.2 Å². The Bertz CT molecular complexity index is 386. The van der Waals surface area contributed by atoms with E-state index in [0.29, 0.717) is 6.42 Å². The molecule has 4 N–H and O–H groups in total. The van der Waals surface area contributed by atoms with Crippen molar-refractivity contribution in [3.63, 3.8) is 0 Å². The van der Waals surface area contributed by atoms with Crippen molar-refractivity contribution < 1.29 is 24.4 Å². The molecule has 0 aromatic heterocycles. The Kier molecular flexibility index (Phi) is 4.59. The van der Waals surface area contributed by atoms with Crippen LogP contribution in [0.5, 0.6) is 0 Å². The van der Waals surface area contributed by atoms with Crippen LogP contribution in [-0.2, 0) is 14.2 Å². The Balaban J connectivity index is 2.15. The number of nitrogens with two attached hydrogens (primary N) is 1. The lowest BCUT2D eigenvalue weighted by molar-refractivity contribution is -0.375. The van der Waals surface area contributed by atoms with Crippen molar-refractivity contribution in [3.05, 3.63) is 0 Å². The Morgan fingerprint density at radius 3 is 2.43 bits per heavy atom. The second-order valence-electron chi connectivity index (χ2n) is 7.94. The van der Waals surface area contributed by atoms with Gasteiger partial charge in [0, 0.05) is 8.07 Å². The van der Waals surface area contributed by atoms with Crippen molar-refractivity contribution in [1.82, 2.24) is 0 Å². The highest BCUT2D eigenvalue weighted by Crippen LogP contribution is 2.38. The second-order valence-corrected chi connectivity index (χ2v) is 13.6. The van der Waals surface area contributed by atoms with E-state index in [9.17, 15) is 10.2 Å². The average Bonchev–Trinajstić information content (AvgIpc) is 2.34. The molecule has 0 spiro atoms. The molecule has 0 amide bonds. The van der Waals surface area contributed by atoms with Gasteiger partial charge in [0.1, 0.15) is 18.3 Å². The number of hydrogen-bond acceptors (Lipinski definition) is 6. The van der Waals surface area contributed by atoms with Gasteiger partial charge in [0.05, 0.1) is 12.1 Å². The number of rotatable bonds is 3. The first-order valence-corrected chi connectivity index (χ1v) is 11.3. The summed E-state index contributed by atoms with van der Waals surface area (Å²) in [6.07, 6.45) is -2.75. The molecule has 2 aliphatic heterocycles. The van der Waals surface area contributed by atoms with Gasteiger partial charge in [-0.1, -0.05) is 25.7 Å². The fourth-order valence-electron chi connectivity index (χ4n) is 2.81. The number of aliphatic hydroxyl groups excluding tert-OH is 2. The monoisotopic (exact) mass is 319 g/mol. The molecule has 2 fully saturated rings. The third kappa shape index (κ3) is 3.66. The molecule has 0 bridgehead atoms. The summed E-state index contributed by atoms with van der Waals surface area (Å²) < 4.78 is 16.9. The molecule has 0 saturated carbocycles. The van der Waals surface area contributed by atoms with Gasteiger partial charge in [-0.2, -0.15) is 0 Å². The second kappa shape index (κ2) is 5.56. The minimum atomic E-state index is -1.34. The molecule has 2 aliphatic rings. The first kappa shape index (κ1) is 17.3. The quantitative estimate of drug-likeness (QED) is 0.661. The van der Waals surface area contributed by atoms with E-state index in [1.165, 1.54) is 0 Å². The van der Waals surface area contributed by atoms with Gasteiger partial charge in [-0.05, 0) is 20.3 Å². The molecule has 5 atom stereocenters. The van der Waals surface area contributed by atoms with Gasteiger partial charge in [0.15, 0.2) is 12.1 Å². The van der Waals surface area contributed by atoms with Crippen molar-refractivity contribution in [2.75, 3.05) is 6.61 Å². The lowest BCUT2D eigenvalue weighted by atomic mass is 9.81. The SMILES string of the molecule is CC1(C)OC[C@H]2O[C@@H](O)C(N)(CC[Si](C)(C)C)[C@@H](O)[C@@H]2O1. The van der Waals surface area contributed by atoms with Crippen LogP contribution in [0.15, 0.2) is 0 Å². The maximum atomic E-state index is 10.7. The molecule has 0 aromatic carbocycles. The van der Waals surface area contributed by atoms with Gasteiger partial charge >= 0.3 is 0 Å². The fourth-order valence-corrected chi connectivity index (χ4v) is 3.99. The summed E-state index contributed by atoms with van der Waals surface area (Å²) >= 11 is 0. The first-order valence-electron chi connectivity index (χ1n) is 7.57. The Labute approximate surface area is 127 Å². The van der Waals surface area contributed by atoms with Gasteiger partial charge in [-0.3, -0.25) is 0 Å². The standard InChI is InChI=1S/C14H29NO5Si/c1-13(2)18-8-9-10(20-13)11(16)14(15,12(17)19-9)6-7-21(3,4)5/h9-12,16-17H,6-8,15H2,1-5H3/t9-,10-,11+,12-,14?/m1/s1. The zero-order valence-corrected chi connectivity index (χ0v) is 14.6. The molecular formula is C14H29NO5Si. The molecule has 21 heavy (non-hydrogen) atoms. The molecular weight excluding hydrogens is 290 g/mol. The van der Waals surface area contributed by atoms with Crippen LogP contribution in [0.4, 0.5) is 0 Å². The molecule has 1 unspecified atom stereocenters. The van der Waals surface area contributed by atoms with Gasteiger partial charge in [0.2, 0.25) is 0 Å². The molecule has 0 radical (unpaired) electrons. The van der Waals surface area contributed by atoms with Gasteiger partial charge in [0.25, 0.3) is 0 Å². The smallest absolute Gasteiger partial charge is 0.175 e. The summed E-state index contributed by atoms with van der Waals surface area (Å²) in [5, 5.41) is 21.0. The van der Waals surface area contributed by atoms with Crippen LogP contribution in [0.3, 0.4) is 0 Å². The molecule has 0 aromatic rings. The summed E-state index contributed by atoms with van der Waals surface area (Å²) in [7, 11) is -1.34. The molecule has 2 heterocycles. The van der Waals surface area contributed by atoms with Gasteiger partial charge in [-0.15, -0.1) is 0 Å². The van der Waals surface area contributed by atoms with E-state index in [2.05, 4.69) is 19.6 Å². The van der Waals surface area contributed by atoms with Crippen LogP contribution in [-0.4, -0.2) is 60.8 Å². The highest BCUT2D eigenvalue weighted by atomic mass is 28.3. The zero-order chi connectivity index (χ0) is 16.1. The summed E-state index contributed by atoms with van der Waals surface area (Å²) in [5.74, 6) is -0.784. The van der Waals surface area contributed by atoms with Crippen LogP contribution in [0.25, 0.3) is 0 Å². The lowest BCUT2D eigenvalue weighted by Crippen LogP contribution is -2.73. The number of fused-ring (bicyclic) bond motifs is 1. The molecule has 124 valence electrons. The summed E-state index contributed by atoms with van der Waals surface area (Å²) in [6, 6.07) is 0.901. The number of hydrogen-bond donors (Lipinski definition) is 3. The largest absolute Gasteiger partial charge is 0.388 e. The predicted octanol–water partition coefficient (Wildman–Crippen LogP) is 0.642.